The Morgan fingerprint density at radius 3 is 3.00 bits per heavy atom. The number of anilines is 1. The van der Waals surface area contributed by atoms with E-state index >= 15 is 0 Å². The number of aryl methyl sites for hydroxylation is 1. The number of pyridine rings is 1. The molecule has 0 aromatic carbocycles. The van der Waals surface area contributed by atoms with Crippen molar-refractivity contribution in [2.45, 2.75) is 32.2 Å². The standard InChI is InChI=1S/C12H13N5O3/c1-7-4-10(13-5-9(7)17(18)19)14-6-11-15-12(16-20-11)8-2-3-8/h4-5,8H,2-3,6H2,1H3,(H,13,14). The van der Waals surface area contributed by atoms with Crippen LogP contribution in [-0.4, -0.2) is 20.0 Å². The first-order valence-corrected chi connectivity index (χ1v) is 6.31. The largest absolute Gasteiger partial charge is 0.361 e. The first-order chi connectivity index (χ1) is 9.63. The van der Waals surface area contributed by atoms with Crippen molar-refractivity contribution in [1.29, 1.82) is 0 Å². The normalized spacial score (nSPS) is 14.2. The number of nitrogens with zero attached hydrogens (tertiary/aromatic N) is 4. The Bertz CT molecular complexity index is 650. The molecular weight excluding hydrogens is 262 g/mol. The third-order valence-corrected chi connectivity index (χ3v) is 3.13. The fraction of sp³-hybridized carbons (Fsp3) is 0.417. The van der Waals surface area contributed by atoms with E-state index < -0.39 is 4.92 Å². The summed E-state index contributed by atoms with van der Waals surface area (Å²) in [5.41, 5.74) is 0.557. The smallest absolute Gasteiger partial charge is 0.290 e. The summed E-state index contributed by atoms with van der Waals surface area (Å²) in [6.07, 6.45) is 3.48. The predicted octanol–water partition coefficient (Wildman–Crippen LogP) is 2.17. The first-order valence-electron chi connectivity index (χ1n) is 6.31. The lowest BCUT2D eigenvalue weighted by atomic mass is 10.2. The summed E-state index contributed by atoms with van der Waals surface area (Å²) in [4.78, 5) is 18.5. The van der Waals surface area contributed by atoms with Crippen molar-refractivity contribution in [1.82, 2.24) is 15.1 Å². The van der Waals surface area contributed by atoms with Crippen molar-refractivity contribution < 1.29 is 9.45 Å². The Hall–Kier alpha value is -2.51. The molecule has 1 aliphatic rings. The molecule has 20 heavy (non-hydrogen) atoms. The monoisotopic (exact) mass is 275 g/mol. The maximum atomic E-state index is 10.7. The summed E-state index contributed by atoms with van der Waals surface area (Å²) >= 11 is 0. The van der Waals surface area contributed by atoms with Crippen LogP contribution >= 0.6 is 0 Å². The molecule has 0 radical (unpaired) electrons. The molecule has 8 heteroatoms. The molecule has 1 aliphatic carbocycles. The number of hydrogen-bond acceptors (Lipinski definition) is 7. The molecule has 1 N–H and O–H groups in total. The van der Waals surface area contributed by atoms with E-state index in [4.69, 9.17) is 4.52 Å². The second kappa shape index (κ2) is 4.87. The van der Waals surface area contributed by atoms with Crippen molar-refractivity contribution >= 4 is 11.5 Å². The summed E-state index contributed by atoms with van der Waals surface area (Å²) in [6, 6.07) is 1.62. The minimum absolute atomic E-state index is 0.00404. The summed E-state index contributed by atoms with van der Waals surface area (Å²) < 4.78 is 5.12. The van der Waals surface area contributed by atoms with E-state index in [-0.39, 0.29) is 5.69 Å². The highest BCUT2D eigenvalue weighted by atomic mass is 16.6. The average Bonchev–Trinajstić information content (AvgIpc) is 3.15. The zero-order valence-electron chi connectivity index (χ0n) is 10.9. The van der Waals surface area contributed by atoms with Gasteiger partial charge in [0.2, 0.25) is 5.89 Å². The van der Waals surface area contributed by atoms with E-state index in [1.807, 2.05) is 0 Å². The van der Waals surface area contributed by atoms with Gasteiger partial charge in [-0.3, -0.25) is 10.1 Å². The second-order valence-corrected chi connectivity index (χ2v) is 4.79. The highest BCUT2D eigenvalue weighted by Gasteiger charge is 2.28. The summed E-state index contributed by atoms with van der Waals surface area (Å²) in [5.74, 6) is 2.24. The van der Waals surface area contributed by atoms with Crippen LogP contribution in [-0.2, 0) is 6.54 Å². The van der Waals surface area contributed by atoms with Gasteiger partial charge >= 0.3 is 0 Å². The summed E-state index contributed by atoms with van der Waals surface area (Å²) in [6.45, 7) is 2.02. The molecule has 0 bridgehead atoms. The van der Waals surface area contributed by atoms with Gasteiger partial charge in [0.15, 0.2) is 5.82 Å². The topological polar surface area (TPSA) is 107 Å². The Morgan fingerprint density at radius 2 is 2.35 bits per heavy atom. The Balaban J connectivity index is 1.65. The van der Waals surface area contributed by atoms with Crippen molar-refractivity contribution in [2.24, 2.45) is 0 Å². The van der Waals surface area contributed by atoms with E-state index in [0.717, 1.165) is 18.7 Å². The molecule has 2 heterocycles. The lowest BCUT2D eigenvalue weighted by molar-refractivity contribution is -0.385. The number of rotatable bonds is 5. The van der Waals surface area contributed by atoms with Crippen molar-refractivity contribution in [3.05, 3.63) is 39.7 Å². The molecule has 8 nitrogen and oxygen atoms in total. The Morgan fingerprint density at radius 1 is 1.55 bits per heavy atom. The molecule has 2 aromatic heterocycles. The number of nitrogens with one attached hydrogen (secondary N) is 1. The molecule has 0 amide bonds. The molecule has 104 valence electrons. The third kappa shape index (κ3) is 2.58. The molecule has 0 atom stereocenters. The van der Waals surface area contributed by atoms with Gasteiger partial charge in [0.1, 0.15) is 12.0 Å². The molecule has 1 fully saturated rings. The quantitative estimate of drug-likeness (QED) is 0.658. The summed E-state index contributed by atoms with van der Waals surface area (Å²) in [7, 11) is 0. The number of nitro groups is 1. The Kier molecular flexibility index (Phi) is 3.05. The lowest BCUT2D eigenvalue weighted by Crippen LogP contribution is -2.03. The van der Waals surface area contributed by atoms with Crippen molar-refractivity contribution in [3.63, 3.8) is 0 Å². The Labute approximate surface area is 114 Å². The van der Waals surface area contributed by atoms with Gasteiger partial charge in [0, 0.05) is 11.5 Å². The van der Waals surface area contributed by atoms with Crippen LogP contribution in [0.1, 0.15) is 36.0 Å². The van der Waals surface area contributed by atoms with Gasteiger partial charge in [-0.1, -0.05) is 5.16 Å². The maximum Gasteiger partial charge on any atom is 0.290 e. The number of hydrogen-bond donors (Lipinski definition) is 1. The minimum Gasteiger partial charge on any atom is -0.361 e. The molecule has 2 aromatic rings. The molecule has 0 unspecified atom stereocenters. The molecule has 0 saturated heterocycles. The van der Waals surface area contributed by atoms with Crippen LogP contribution in [0, 0.1) is 17.0 Å². The highest BCUT2D eigenvalue weighted by Crippen LogP contribution is 2.38. The van der Waals surface area contributed by atoms with Gasteiger partial charge in [0.05, 0.1) is 11.5 Å². The second-order valence-electron chi connectivity index (χ2n) is 4.79. The van der Waals surface area contributed by atoms with Crippen LogP contribution in [0.5, 0.6) is 0 Å². The van der Waals surface area contributed by atoms with Gasteiger partial charge in [0.25, 0.3) is 5.69 Å². The maximum absolute atomic E-state index is 10.7. The molecule has 1 saturated carbocycles. The van der Waals surface area contributed by atoms with Crippen LogP contribution in [0.15, 0.2) is 16.8 Å². The van der Waals surface area contributed by atoms with Crippen LogP contribution < -0.4 is 5.32 Å². The fourth-order valence-electron chi connectivity index (χ4n) is 1.85. The third-order valence-electron chi connectivity index (χ3n) is 3.13. The fourth-order valence-corrected chi connectivity index (χ4v) is 1.85. The highest BCUT2D eigenvalue weighted by molar-refractivity contribution is 5.46. The lowest BCUT2D eigenvalue weighted by Gasteiger charge is -2.03. The van der Waals surface area contributed by atoms with Gasteiger partial charge in [-0.2, -0.15) is 4.98 Å². The zero-order valence-corrected chi connectivity index (χ0v) is 10.9. The van der Waals surface area contributed by atoms with Crippen molar-refractivity contribution in [2.75, 3.05) is 5.32 Å². The summed E-state index contributed by atoms with van der Waals surface area (Å²) in [5, 5.41) is 17.6. The van der Waals surface area contributed by atoms with Crippen molar-refractivity contribution in [3.8, 4) is 0 Å². The van der Waals surface area contributed by atoms with Crippen LogP contribution in [0.2, 0.25) is 0 Å². The van der Waals surface area contributed by atoms with Gasteiger partial charge in [-0.05, 0) is 25.8 Å². The van der Waals surface area contributed by atoms with Gasteiger partial charge < -0.3 is 9.84 Å². The van der Waals surface area contributed by atoms with Crippen LogP contribution in [0.4, 0.5) is 11.5 Å². The zero-order chi connectivity index (χ0) is 14.1. The molecule has 3 rings (SSSR count). The van der Waals surface area contributed by atoms with Crippen LogP contribution in [0.3, 0.4) is 0 Å². The van der Waals surface area contributed by atoms with Gasteiger partial charge in [-0.15, -0.1) is 0 Å². The van der Waals surface area contributed by atoms with E-state index in [0.29, 0.717) is 29.7 Å². The minimum atomic E-state index is -0.452. The van der Waals surface area contributed by atoms with E-state index in [1.165, 1.54) is 6.20 Å². The average molecular weight is 275 g/mol. The van der Waals surface area contributed by atoms with Crippen LogP contribution in [0.25, 0.3) is 0 Å². The van der Waals surface area contributed by atoms with E-state index in [2.05, 4.69) is 20.4 Å². The van der Waals surface area contributed by atoms with E-state index in [9.17, 15) is 10.1 Å². The van der Waals surface area contributed by atoms with Gasteiger partial charge in [-0.25, -0.2) is 4.98 Å². The van der Waals surface area contributed by atoms with E-state index in [1.54, 1.807) is 13.0 Å². The molecule has 0 aliphatic heterocycles. The predicted molar refractivity (Wildman–Crippen MR) is 69.2 cm³/mol. The molecule has 0 spiro atoms. The molecular formula is C12H13N5O3. The number of aromatic nitrogens is 3. The first kappa shape index (κ1) is 12.5. The SMILES string of the molecule is Cc1cc(NCc2nc(C3CC3)no2)ncc1[N+](=O)[O-].